The molecule has 1 unspecified atom stereocenters. The van der Waals surface area contributed by atoms with Gasteiger partial charge in [0, 0.05) is 30.3 Å². The molecule has 0 aromatic heterocycles. The van der Waals surface area contributed by atoms with Crippen molar-refractivity contribution in [3.05, 3.63) is 59.7 Å². The fourth-order valence-electron chi connectivity index (χ4n) is 2.92. The second-order valence-corrected chi connectivity index (χ2v) is 5.90. The molecule has 0 bridgehead atoms. The summed E-state index contributed by atoms with van der Waals surface area (Å²) in [7, 11) is 1.59. The van der Waals surface area contributed by atoms with E-state index in [-0.39, 0.29) is 17.9 Å². The number of hydrogen-bond acceptors (Lipinski definition) is 3. The first-order valence-electron chi connectivity index (χ1n) is 7.89. The predicted octanol–water partition coefficient (Wildman–Crippen LogP) is 2.54. The van der Waals surface area contributed by atoms with Crippen LogP contribution >= 0.6 is 0 Å². The number of aryl methyl sites for hydroxylation is 1. The molecule has 1 fully saturated rings. The molecule has 0 aliphatic carbocycles. The summed E-state index contributed by atoms with van der Waals surface area (Å²) in [6, 6.07) is 14.6. The molecular formula is C19H20N2O3. The number of hydrogen-bond donors (Lipinski definition) is 1. The second kappa shape index (κ2) is 6.74. The van der Waals surface area contributed by atoms with Crippen molar-refractivity contribution in [2.75, 3.05) is 18.6 Å². The Morgan fingerprint density at radius 2 is 2.00 bits per heavy atom. The smallest absolute Gasteiger partial charge is 0.251 e. The Morgan fingerprint density at radius 3 is 2.75 bits per heavy atom. The van der Waals surface area contributed by atoms with E-state index in [1.54, 1.807) is 18.1 Å². The molecule has 2 aromatic rings. The molecule has 3 rings (SSSR count). The van der Waals surface area contributed by atoms with Gasteiger partial charge in [0.25, 0.3) is 5.91 Å². The number of benzene rings is 2. The molecule has 5 heteroatoms. The number of amides is 2. The van der Waals surface area contributed by atoms with Crippen molar-refractivity contribution in [2.45, 2.75) is 19.4 Å². The van der Waals surface area contributed by atoms with Crippen LogP contribution in [0.5, 0.6) is 5.75 Å². The van der Waals surface area contributed by atoms with Gasteiger partial charge in [-0.15, -0.1) is 0 Å². The van der Waals surface area contributed by atoms with E-state index in [1.165, 1.54) is 0 Å². The maximum Gasteiger partial charge on any atom is 0.251 e. The molecule has 1 heterocycles. The third kappa shape index (κ3) is 3.25. The lowest BCUT2D eigenvalue weighted by Gasteiger charge is -2.18. The van der Waals surface area contributed by atoms with E-state index in [4.69, 9.17) is 4.74 Å². The van der Waals surface area contributed by atoms with Gasteiger partial charge in [0.05, 0.1) is 13.2 Å². The zero-order valence-electron chi connectivity index (χ0n) is 13.8. The van der Waals surface area contributed by atoms with Gasteiger partial charge in [-0.3, -0.25) is 9.59 Å². The Labute approximate surface area is 141 Å². The molecule has 1 aliphatic rings. The number of rotatable bonds is 4. The van der Waals surface area contributed by atoms with E-state index in [9.17, 15) is 9.59 Å². The van der Waals surface area contributed by atoms with E-state index in [1.807, 2.05) is 49.4 Å². The number of anilines is 1. The molecule has 5 nitrogen and oxygen atoms in total. The first kappa shape index (κ1) is 16.1. The van der Waals surface area contributed by atoms with Crippen LogP contribution in [0, 0.1) is 6.92 Å². The molecule has 2 amide bonds. The third-order valence-electron chi connectivity index (χ3n) is 4.21. The van der Waals surface area contributed by atoms with Crippen LogP contribution in [0.25, 0.3) is 0 Å². The highest BCUT2D eigenvalue weighted by molar-refractivity contribution is 5.99. The molecule has 2 aromatic carbocycles. The number of methoxy groups -OCH3 is 1. The van der Waals surface area contributed by atoms with Gasteiger partial charge in [-0.05, 0) is 30.7 Å². The van der Waals surface area contributed by atoms with Gasteiger partial charge in [0.15, 0.2) is 0 Å². The van der Waals surface area contributed by atoms with E-state index in [0.29, 0.717) is 24.3 Å². The largest absolute Gasteiger partial charge is 0.497 e. The van der Waals surface area contributed by atoms with Crippen molar-refractivity contribution >= 4 is 17.5 Å². The normalized spacial score (nSPS) is 17.0. The number of carbonyl (C=O) groups excluding carboxylic acids is 2. The summed E-state index contributed by atoms with van der Waals surface area (Å²) in [4.78, 5) is 26.4. The van der Waals surface area contributed by atoms with Gasteiger partial charge in [-0.1, -0.05) is 24.3 Å². The first-order valence-corrected chi connectivity index (χ1v) is 7.89. The predicted molar refractivity (Wildman–Crippen MR) is 92.4 cm³/mol. The van der Waals surface area contributed by atoms with Crippen LogP contribution in [-0.4, -0.2) is 31.5 Å². The standard InChI is InChI=1S/C19H20N2O3/c1-13-6-3-4-9-17(13)19(23)20-14-10-18(22)21(12-14)15-7-5-8-16(11-15)24-2/h3-9,11,14H,10,12H2,1-2H3,(H,20,23). The lowest BCUT2D eigenvalue weighted by Crippen LogP contribution is -2.37. The molecule has 0 saturated carbocycles. The minimum absolute atomic E-state index is 0.00154. The van der Waals surface area contributed by atoms with Crippen molar-refractivity contribution in [3.63, 3.8) is 0 Å². The van der Waals surface area contributed by atoms with E-state index in [2.05, 4.69) is 5.32 Å². The SMILES string of the molecule is COc1cccc(N2CC(NC(=O)c3ccccc3C)CC2=O)c1. The molecule has 24 heavy (non-hydrogen) atoms. The Bertz CT molecular complexity index is 773. The van der Waals surface area contributed by atoms with Crippen LogP contribution in [0.4, 0.5) is 5.69 Å². The quantitative estimate of drug-likeness (QED) is 0.940. The highest BCUT2D eigenvalue weighted by Crippen LogP contribution is 2.25. The number of nitrogens with zero attached hydrogens (tertiary/aromatic N) is 1. The zero-order valence-corrected chi connectivity index (χ0v) is 13.8. The Morgan fingerprint density at radius 1 is 1.21 bits per heavy atom. The lowest BCUT2D eigenvalue weighted by molar-refractivity contribution is -0.117. The number of carbonyl (C=O) groups is 2. The van der Waals surface area contributed by atoms with Crippen molar-refractivity contribution in [1.29, 1.82) is 0 Å². The molecule has 0 radical (unpaired) electrons. The summed E-state index contributed by atoms with van der Waals surface area (Å²) < 4.78 is 5.20. The van der Waals surface area contributed by atoms with Gasteiger partial charge in [-0.25, -0.2) is 0 Å². The second-order valence-electron chi connectivity index (χ2n) is 5.90. The van der Waals surface area contributed by atoms with Crippen LogP contribution in [-0.2, 0) is 4.79 Å². The van der Waals surface area contributed by atoms with Crippen LogP contribution in [0.2, 0.25) is 0 Å². The van der Waals surface area contributed by atoms with Crippen LogP contribution < -0.4 is 15.0 Å². The maximum absolute atomic E-state index is 12.4. The summed E-state index contributed by atoms with van der Waals surface area (Å²) in [6.45, 7) is 2.36. The van der Waals surface area contributed by atoms with Crippen molar-refractivity contribution in [2.24, 2.45) is 0 Å². The Hall–Kier alpha value is -2.82. The fourth-order valence-corrected chi connectivity index (χ4v) is 2.92. The highest BCUT2D eigenvalue weighted by atomic mass is 16.5. The number of nitrogens with one attached hydrogen (secondary N) is 1. The molecule has 1 atom stereocenters. The van der Waals surface area contributed by atoms with E-state index < -0.39 is 0 Å². The molecule has 124 valence electrons. The average molecular weight is 324 g/mol. The topological polar surface area (TPSA) is 58.6 Å². The maximum atomic E-state index is 12.4. The highest BCUT2D eigenvalue weighted by Gasteiger charge is 2.32. The molecule has 0 spiro atoms. The van der Waals surface area contributed by atoms with E-state index >= 15 is 0 Å². The summed E-state index contributed by atoms with van der Waals surface area (Å²) in [5.74, 6) is 0.560. The molecular weight excluding hydrogens is 304 g/mol. The summed E-state index contributed by atoms with van der Waals surface area (Å²) >= 11 is 0. The lowest BCUT2D eigenvalue weighted by atomic mass is 10.1. The van der Waals surface area contributed by atoms with Crippen molar-refractivity contribution in [3.8, 4) is 5.75 Å². The van der Waals surface area contributed by atoms with Crippen molar-refractivity contribution < 1.29 is 14.3 Å². The molecule has 1 aliphatic heterocycles. The van der Waals surface area contributed by atoms with Crippen LogP contribution in [0.15, 0.2) is 48.5 Å². The average Bonchev–Trinajstić information content (AvgIpc) is 2.95. The minimum atomic E-state index is -0.198. The van der Waals surface area contributed by atoms with E-state index in [0.717, 1.165) is 11.3 Å². The van der Waals surface area contributed by atoms with Gasteiger partial charge < -0.3 is 15.0 Å². The fraction of sp³-hybridized carbons (Fsp3) is 0.263. The Kier molecular flexibility index (Phi) is 4.51. The minimum Gasteiger partial charge on any atom is -0.497 e. The Balaban J connectivity index is 1.71. The number of ether oxygens (including phenoxy) is 1. The van der Waals surface area contributed by atoms with Crippen LogP contribution in [0.1, 0.15) is 22.3 Å². The van der Waals surface area contributed by atoms with Gasteiger partial charge >= 0.3 is 0 Å². The van der Waals surface area contributed by atoms with Crippen LogP contribution in [0.3, 0.4) is 0 Å². The summed E-state index contributed by atoms with van der Waals surface area (Å²) in [5.41, 5.74) is 2.35. The first-order chi connectivity index (χ1) is 11.6. The molecule has 1 saturated heterocycles. The van der Waals surface area contributed by atoms with Crippen molar-refractivity contribution in [1.82, 2.24) is 5.32 Å². The van der Waals surface area contributed by atoms with Gasteiger partial charge in [0.1, 0.15) is 5.75 Å². The summed E-state index contributed by atoms with van der Waals surface area (Å²) in [5, 5.41) is 2.96. The monoisotopic (exact) mass is 324 g/mol. The zero-order chi connectivity index (χ0) is 17.1. The summed E-state index contributed by atoms with van der Waals surface area (Å²) in [6.07, 6.45) is 0.300. The van der Waals surface area contributed by atoms with Gasteiger partial charge in [-0.2, -0.15) is 0 Å². The van der Waals surface area contributed by atoms with Gasteiger partial charge in [0.2, 0.25) is 5.91 Å². The molecule has 1 N–H and O–H groups in total. The third-order valence-corrected chi connectivity index (χ3v) is 4.21.